The van der Waals surface area contributed by atoms with Crippen molar-refractivity contribution in [2.24, 2.45) is 0 Å². The van der Waals surface area contributed by atoms with Crippen LogP contribution in [0.3, 0.4) is 0 Å². The molecular formula is C32H47NO2. The molecule has 0 bridgehead atoms. The Balaban J connectivity index is 0.000000280. The normalized spacial score (nSPS) is 15.3. The molecule has 35 heavy (non-hydrogen) atoms. The summed E-state index contributed by atoms with van der Waals surface area (Å²) >= 11 is 0. The van der Waals surface area contributed by atoms with Crippen molar-refractivity contribution in [3.8, 4) is 5.88 Å². The van der Waals surface area contributed by atoms with Crippen molar-refractivity contribution in [2.75, 3.05) is 7.11 Å². The van der Waals surface area contributed by atoms with Crippen LogP contribution in [0.1, 0.15) is 113 Å². The van der Waals surface area contributed by atoms with Crippen molar-refractivity contribution in [3.05, 3.63) is 81.9 Å². The van der Waals surface area contributed by atoms with Crippen LogP contribution in [0.5, 0.6) is 5.88 Å². The first-order chi connectivity index (χ1) is 16.4. The molecule has 1 aliphatic carbocycles. The van der Waals surface area contributed by atoms with Gasteiger partial charge in [-0.3, -0.25) is 0 Å². The van der Waals surface area contributed by atoms with Gasteiger partial charge in [-0.15, -0.1) is 0 Å². The number of aromatic nitrogens is 1. The molecule has 0 N–H and O–H groups in total. The van der Waals surface area contributed by atoms with Gasteiger partial charge in [0.15, 0.2) is 0 Å². The molecule has 3 nitrogen and oxygen atoms in total. The number of rotatable bonds is 4. The van der Waals surface area contributed by atoms with Crippen LogP contribution in [-0.2, 0) is 17.3 Å². The van der Waals surface area contributed by atoms with Crippen LogP contribution >= 0.6 is 0 Å². The number of hydrogen-bond donors (Lipinski definition) is 0. The van der Waals surface area contributed by atoms with Gasteiger partial charge < -0.3 is 9.15 Å². The van der Waals surface area contributed by atoms with Gasteiger partial charge >= 0.3 is 0 Å². The molecule has 0 radical (unpaired) electrons. The van der Waals surface area contributed by atoms with Gasteiger partial charge in [0.25, 0.3) is 0 Å². The lowest BCUT2D eigenvalue weighted by atomic mass is 9.62. The van der Waals surface area contributed by atoms with Crippen LogP contribution in [0.25, 0.3) is 0 Å². The van der Waals surface area contributed by atoms with E-state index in [0.717, 1.165) is 17.9 Å². The Bertz CT molecular complexity index is 1070. The smallest absolute Gasteiger partial charge is 0.212 e. The molecule has 1 aliphatic rings. The van der Waals surface area contributed by atoms with Crippen molar-refractivity contribution < 1.29 is 9.15 Å². The minimum atomic E-state index is 0.270. The highest BCUT2D eigenvalue weighted by molar-refractivity contribution is 5.47. The molecule has 0 aliphatic heterocycles. The topological polar surface area (TPSA) is 35.3 Å². The van der Waals surface area contributed by atoms with Gasteiger partial charge in [0, 0.05) is 18.7 Å². The summed E-state index contributed by atoms with van der Waals surface area (Å²) < 4.78 is 10.7. The second-order valence-corrected chi connectivity index (χ2v) is 11.1. The number of nitrogens with zero attached hydrogens (tertiary/aromatic N) is 1. The molecule has 0 spiro atoms. The molecule has 0 amide bonds. The van der Waals surface area contributed by atoms with E-state index < -0.39 is 0 Å². The Labute approximate surface area is 214 Å². The quantitative estimate of drug-likeness (QED) is 0.376. The highest BCUT2D eigenvalue weighted by atomic mass is 16.5. The molecule has 0 saturated carbocycles. The van der Waals surface area contributed by atoms with Crippen LogP contribution in [0.4, 0.5) is 0 Å². The zero-order valence-corrected chi connectivity index (χ0v) is 24.0. The van der Waals surface area contributed by atoms with Crippen LogP contribution in [-0.4, -0.2) is 12.1 Å². The maximum absolute atomic E-state index is 5.78. The Morgan fingerprint density at radius 3 is 1.97 bits per heavy atom. The number of fused-ring (bicyclic) bond motifs is 1. The number of furan rings is 1. The fraction of sp³-hybridized carbons (Fsp3) is 0.531. The molecule has 0 atom stereocenters. The summed E-state index contributed by atoms with van der Waals surface area (Å²) in [5.74, 6) is 3.27. The largest absolute Gasteiger partial charge is 0.481 e. The highest BCUT2D eigenvalue weighted by Gasteiger charge is 2.37. The SMILES string of the molecule is CC.COc1ccc(C(C)C)cn1.Cc1ccc(Cc2cc3c(cc2C)C(C)(C)CCC3(C)C)o1. The third kappa shape index (κ3) is 7.22. The zero-order valence-electron chi connectivity index (χ0n) is 24.0. The number of methoxy groups -OCH3 is 1. The second-order valence-electron chi connectivity index (χ2n) is 11.1. The molecule has 1 aromatic carbocycles. The van der Waals surface area contributed by atoms with Crippen LogP contribution in [0.2, 0.25) is 0 Å². The first kappa shape index (κ1) is 28.7. The maximum Gasteiger partial charge on any atom is 0.212 e. The van der Waals surface area contributed by atoms with E-state index in [1.165, 1.54) is 35.1 Å². The van der Waals surface area contributed by atoms with Crippen molar-refractivity contribution in [2.45, 2.75) is 105 Å². The van der Waals surface area contributed by atoms with E-state index >= 15 is 0 Å². The molecular weight excluding hydrogens is 430 g/mol. The Hall–Kier alpha value is -2.55. The second kappa shape index (κ2) is 11.9. The van der Waals surface area contributed by atoms with Gasteiger partial charge in [-0.2, -0.15) is 0 Å². The Morgan fingerprint density at radius 2 is 1.51 bits per heavy atom. The van der Waals surface area contributed by atoms with Crippen molar-refractivity contribution >= 4 is 0 Å². The lowest BCUT2D eigenvalue weighted by molar-refractivity contribution is 0.331. The summed E-state index contributed by atoms with van der Waals surface area (Å²) in [6.07, 6.45) is 5.27. The van der Waals surface area contributed by atoms with Gasteiger partial charge in [0.05, 0.1) is 7.11 Å². The van der Waals surface area contributed by atoms with Crippen LogP contribution < -0.4 is 4.74 Å². The van der Waals surface area contributed by atoms with Crippen molar-refractivity contribution in [1.29, 1.82) is 0 Å². The third-order valence-corrected chi connectivity index (χ3v) is 7.11. The number of pyridine rings is 1. The molecule has 2 aromatic heterocycles. The fourth-order valence-corrected chi connectivity index (χ4v) is 4.58. The minimum Gasteiger partial charge on any atom is -0.481 e. The number of ether oxygens (including phenoxy) is 1. The monoisotopic (exact) mass is 477 g/mol. The van der Waals surface area contributed by atoms with Gasteiger partial charge in [0.1, 0.15) is 11.5 Å². The van der Waals surface area contributed by atoms with E-state index in [1.807, 2.05) is 39.1 Å². The van der Waals surface area contributed by atoms with Crippen molar-refractivity contribution in [3.63, 3.8) is 0 Å². The minimum absolute atomic E-state index is 0.270. The van der Waals surface area contributed by atoms with Crippen LogP contribution in [0.15, 0.2) is 47.0 Å². The fourth-order valence-electron chi connectivity index (χ4n) is 4.58. The average Bonchev–Trinajstić information content (AvgIpc) is 3.24. The van der Waals surface area contributed by atoms with Gasteiger partial charge in [0.2, 0.25) is 5.88 Å². The van der Waals surface area contributed by atoms with Gasteiger partial charge in [-0.05, 0) is 83.4 Å². The van der Waals surface area contributed by atoms with Crippen LogP contribution in [0, 0.1) is 13.8 Å². The highest BCUT2D eigenvalue weighted by Crippen LogP contribution is 2.46. The van der Waals surface area contributed by atoms with Gasteiger partial charge in [-0.25, -0.2) is 4.98 Å². The first-order valence-corrected chi connectivity index (χ1v) is 13.1. The Kier molecular flexibility index (Phi) is 9.77. The summed E-state index contributed by atoms with van der Waals surface area (Å²) in [5.41, 5.74) is 7.67. The standard InChI is InChI=1S/C21H28O.C9H13NO.C2H6/c1-14-11-18-19(21(5,6)10-9-20(18,3)4)13-16(14)12-17-8-7-15(2)22-17;1-7(2)8-4-5-9(11-3)10-6-8;1-2/h7-8,11,13H,9-10,12H2,1-6H3;4-7H,1-3H3;1-2H3. The van der Waals surface area contributed by atoms with E-state index in [-0.39, 0.29) is 10.8 Å². The molecule has 0 saturated heterocycles. The predicted molar refractivity (Wildman–Crippen MR) is 149 cm³/mol. The summed E-state index contributed by atoms with van der Waals surface area (Å²) in [7, 11) is 1.62. The molecule has 2 heterocycles. The summed E-state index contributed by atoms with van der Waals surface area (Å²) in [4.78, 5) is 4.10. The maximum atomic E-state index is 5.78. The predicted octanol–water partition coefficient (Wildman–Crippen LogP) is 9.08. The molecule has 3 aromatic rings. The third-order valence-electron chi connectivity index (χ3n) is 7.11. The molecule has 0 unspecified atom stereocenters. The number of hydrogen-bond acceptors (Lipinski definition) is 3. The van der Waals surface area contributed by atoms with Gasteiger partial charge in [-0.1, -0.05) is 73.6 Å². The molecule has 0 fully saturated rings. The Morgan fingerprint density at radius 1 is 0.914 bits per heavy atom. The molecule has 4 rings (SSSR count). The average molecular weight is 478 g/mol. The lowest BCUT2D eigenvalue weighted by Gasteiger charge is -2.42. The van der Waals surface area contributed by atoms with E-state index in [9.17, 15) is 0 Å². The number of aryl methyl sites for hydroxylation is 2. The summed E-state index contributed by atoms with van der Waals surface area (Å²) in [5, 5.41) is 0. The molecule has 192 valence electrons. The van der Waals surface area contributed by atoms with E-state index in [2.05, 4.69) is 77.7 Å². The number of benzene rings is 1. The zero-order chi connectivity index (χ0) is 26.4. The summed E-state index contributed by atoms with van der Waals surface area (Å²) in [6, 6.07) is 13.0. The summed E-state index contributed by atoms with van der Waals surface area (Å²) in [6.45, 7) is 22.1. The van der Waals surface area contributed by atoms with Crippen molar-refractivity contribution in [1.82, 2.24) is 4.98 Å². The van der Waals surface area contributed by atoms with E-state index in [4.69, 9.17) is 9.15 Å². The first-order valence-electron chi connectivity index (χ1n) is 13.1. The molecule has 3 heteroatoms. The van der Waals surface area contributed by atoms with E-state index in [0.29, 0.717) is 11.8 Å². The lowest BCUT2D eigenvalue weighted by Crippen LogP contribution is -2.34. The van der Waals surface area contributed by atoms with E-state index in [1.54, 1.807) is 12.7 Å².